The first-order chi connectivity index (χ1) is 6.68. The van der Waals surface area contributed by atoms with Gasteiger partial charge >= 0.3 is 0 Å². The summed E-state index contributed by atoms with van der Waals surface area (Å²) in [5, 5.41) is 3.54. The molecular weight excluding hydrogens is 196 g/mol. The van der Waals surface area contributed by atoms with Gasteiger partial charge in [-0.05, 0) is 46.4 Å². The molecule has 0 radical (unpaired) electrons. The Morgan fingerprint density at radius 2 is 2.00 bits per heavy atom. The third kappa shape index (κ3) is 5.08. The molecule has 0 bridgehead atoms. The molecule has 1 aliphatic heterocycles. The Bertz CT molecular complexity index is 175. The van der Waals surface area contributed by atoms with Crippen LogP contribution in [0.15, 0.2) is 0 Å². The SMILES string of the molecule is CN(C)CCCNC1CCS(=O)CC1. The van der Waals surface area contributed by atoms with Crippen LogP contribution in [0.4, 0.5) is 0 Å². The molecule has 0 aromatic rings. The number of hydrogen-bond acceptors (Lipinski definition) is 3. The second-order valence-corrected chi connectivity index (χ2v) is 5.93. The summed E-state index contributed by atoms with van der Waals surface area (Å²) in [6.07, 6.45) is 3.38. The smallest absolute Gasteiger partial charge is 0.0249 e. The number of nitrogens with one attached hydrogen (secondary N) is 1. The van der Waals surface area contributed by atoms with Crippen molar-refractivity contribution in [1.82, 2.24) is 10.2 Å². The van der Waals surface area contributed by atoms with E-state index in [0.29, 0.717) is 6.04 Å². The first kappa shape index (κ1) is 12.1. The number of hydrogen-bond donors (Lipinski definition) is 1. The molecule has 1 fully saturated rings. The molecule has 0 aliphatic carbocycles. The lowest BCUT2D eigenvalue weighted by Crippen LogP contribution is -2.36. The molecule has 0 spiro atoms. The van der Waals surface area contributed by atoms with Gasteiger partial charge in [-0.25, -0.2) is 0 Å². The van der Waals surface area contributed by atoms with Crippen LogP contribution in [0.5, 0.6) is 0 Å². The molecule has 0 amide bonds. The molecule has 1 aliphatic rings. The number of rotatable bonds is 5. The molecule has 0 saturated carbocycles. The van der Waals surface area contributed by atoms with E-state index in [0.717, 1.165) is 37.4 Å². The maximum atomic E-state index is 11.1. The van der Waals surface area contributed by atoms with Gasteiger partial charge in [0.2, 0.25) is 0 Å². The van der Waals surface area contributed by atoms with Crippen LogP contribution in [0.25, 0.3) is 0 Å². The van der Waals surface area contributed by atoms with E-state index in [1.165, 1.54) is 6.42 Å². The summed E-state index contributed by atoms with van der Waals surface area (Å²) in [4.78, 5) is 2.21. The Morgan fingerprint density at radius 1 is 1.36 bits per heavy atom. The molecule has 1 saturated heterocycles. The Morgan fingerprint density at radius 3 is 2.57 bits per heavy atom. The monoisotopic (exact) mass is 218 g/mol. The van der Waals surface area contributed by atoms with Gasteiger partial charge in [-0.3, -0.25) is 4.21 Å². The van der Waals surface area contributed by atoms with Crippen molar-refractivity contribution < 1.29 is 4.21 Å². The van der Waals surface area contributed by atoms with Gasteiger partial charge in [-0.15, -0.1) is 0 Å². The van der Waals surface area contributed by atoms with Crippen LogP contribution in [0.1, 0.15) is 19.3 Å². The van der Waals surface area contributed by atoms with Crippen molar-refractivity contribution in [2.45, 2.75) is 25.3 Å². The normalized spacial score (nSPS) is 28.2. The summed E-state index contributed by atoms with van der Waals surface area (Å²) < 4.78 is 11.1. The van der Waals surface area contributed by atoms with Crippen molar-refractivity contribution in [3.8, 4) is 0 Å². The molecule has 4 heteroatoms. The summed E-state index contributed by atoms with van der Waals surface area (Å²) in [5.41, 5.74) is 0. The fourth-order valence-electron chi connectivity index (χ4n) is 1.70. The van der Waals surface area contributed by atoms with Gasteiger partial charge in [-0.2, -0.15) is 0 Å². The van der Waals surface area contributed by atoms with Gasteiger partial charge in [0.05, 0.1) is 0 Å². The van der Waals surface area contributed by atoms with Crippen LogP contribution in [-0.2, 0) is 10.8 Å². The Balaban J connectivity index is 1.99. The lowest BCUT2D eigenvalue weighted by Gasteiger charge is -2.22. The van der Waals surface area contributed by atoms with Gasteiger partial charge in [0, 0.05) is 28.3 Å². The average molecular weight is 218 g/mol. The van der Waals surface area contributed by atoms with Crippen LogP contribution < -0.4 is 5.32 Å². The van der Waals surface area contributed by atoms with Crippen molar-refractivity contribution >= 4 is 10.8 Å². The van der Waals surface area contributed by atoms with Gasteiger partial charge < -0.3 is 10.2 Å². The quantitative estimate of drug-likeness (QED) is 0.680. The first-order valence-corrected chi connectivity index (χ1v) is 6.90. The van der Waals surface area contributed by atoms with Crippen LogP contribution in [0, 0.1) is 0 Å². The second-order valence-electron chi connectivity index (χ2n) is 4.23. The third-order valence-corrected chi connectivity index (χ3v) is 3.99. The van der Waals surface area contributed by atoms with Gasteiger partial charge in [-0.1, -0.05) is 0 Å². The predicted molar refractivity (Wildman–Crippen MR) is 62.1 cm³/mol. The molecule has 84 valence electrons. The van der Waals surface area contributed by atoms with Crippen LogP contribution >= 0.6 is 0 Å². The van der Waals surface area contributed by atoms with Crippen molar-refractivity contribution in [1.29, 1.82) is 0 Å². The molecule has 0 aromatic carbocycles. The van der Waals surface area contributed by atoms with E-state index < -0.39 is 10.8 Å². The van der Waals surface area contributed by atoms with E-state index in [4.69, 9.17) is 0 Å². The zero-order chi connectivity index (χ0) is 10.4. The van der Waals surface area contributed by atoms with E-state index in [1.54, 1.807) is 0 Å². The van der Waals surface area contributed by atoms with Crippen molar-refractivity contribution in [2.24, 2.45) is 0 Å². The standard InChI is InChI=1S/C10H22N2OS/c1-12(2)7-3-6-11-10-4-8-14(13)9-5-10/h10-11H,3-9H2,1-2H3. The predicted octanol–water partition coefficient (Wildman–Crippen LogP) is 0.439. The zero-order valence-corrected chi connectivity index (χ0v) is 10.1. The summed E-state index contributed by atoms with van der Waals surface area (Å²) in [6.45, 7) is 2.24. The summed E-state index contributed by atoms with van der Waals surface area (Å²) in [6, 6.07) is 0.620. The highest BCUT2D eigenvalue weighted by atomic mass is 32.2. The van der Waals surface area contributed by atoms with E-state index in [9.17, 15) is 4.21 Å². The second kappa shape index (κ2) is 6.53. The molecule has 1 heterocycles. The summed E-state index contributed by atoms with van der Waals surface area (Å²) >= 11 is 0. The molecule has 3 nitrogen and oxygen atoms in total. The zero-order valence-electron chi connectivity index (χ0n) is 9.29. The first-order valence-electron chi connectivity index (χ1n) is 5.41. The maximum Gasteiger partial charge on any atom is 0.0249 e. The highest BCUT2D eigenvalue weighted by molar-refractivity contribution is 7.85. The molecule has 0 unspecified atom stereocenters. The largest absolute Gasteiger partial charge is 0.314 e. The van der Waals surface area contributed by atoms with Gasteiger partial charge in [0.15, 0.2) is 0 Å². The fourth-order valence-corrected chi connectivity index (χ4v) is 3.00. The lowest BCUT2D eigenvalue weighted by atomic mass is 10.1. The van der Waals surface area contributed by atoms with E-state index in [2.05, 4.69) is 24.3 Å². The van der Waals surface area contributed by atoms with Crippen molar-refractivity contribution in [3.63, 3.8) is 0 Å². The number of nitrogens with zero attached hydrogens (tertiary/aromatic N) is 1. The highest BCUT2D eigenvalue weighted by Gasteiger charge is 2.16. The summed E-state index contributed by atoms with van der Waals surface area (Å²) in [5.74, 6) is 1.79. The minimum absolute atomic E-state index is 0.524. The Hall–Kier alpha value is 0.0700. The molecule has 0 aromatic heterocycles. The topological polar surface area (TPSA) is 32.3 Å². The average Bonchev–Trinajstić information content (AvgIpc) is 2.15. The molecule has 0 atom stereocenters. The Labute approximate surface area is 89.7 Å². The van der Waals surface area contributed by atoms with Crippen molar-refractivity contribution in [2.75, 3.05) is 38.7 Å². The molecule has 1 N–H and O–H groups in total. The molecule has 1 rings (SSSR count). The fraction of sp³-hybridized carbons (Fsp3) is 1.00. The van der Waals surface area contributed by atoms with Gasteiger partial charge in [0.25, 0.3) is 0 Å². The van der Waals surface area contributed by atoms with Gasteiger partial charge in [0.1, 0.15) is 0 Å². The minimum atomic E-state index is -0.524. The Kier molecular flexibility index (Phi) is 5.67. The van der Waals surface area contributed by atoms with E-state index in [-0.39, 0.29) is 0 Å². The summed E-state index contributed by atoms with van der Waals surface area (Å²) in [7, 11) is 3.68. The van der Waals surface area contributed by atoms with Crippen LogP contribution in [-0.4, -0.2) is 53.8 Å². The lowest BCUT2D eigenvalue weighted by molar-refractivity contribution is 0.381. The van der Waals surface area contributed by atoms with Crippen LogP contribution in [0.3, 0.4) is 0 Å². The van der Waals surface area contributed by atoms with Crippen molar-refractivity contribution in [3.05, 3.63) is 0 Å². The van der Waals surface area contributed by atoms with E-state index >= 15 is 0 Å². The third-order valence-electron chi connectivity index (χ3n) is 2.60. The van der Waals surface area contributed by atoms with E-state index in [1.807, 2.05) is 0 Å². The molecular formula is C10H22N2OS. The minimum Gasteiger partial charge on any atom is -0.314 e. The maximum absolute atomic E-state index is 11.1. The van der Waals surface area contributed by atoms with Crippen LogP contribution in [0.2, 0.25) is 0 Å². The highest BCUT2D eigenvalue weighted by Crippen LogP contribution is 2.08. The molecule has 14 heavy (non-hydrogen) atoms.